The molecule has 3 aromatic carbocycles. The first-order valence-corrected chi connectivity index (χ1v) is 10.9. The lowest BCUT2D eigenvalue weighted by Crippen LogP contribution is -2.16. The smallest absolute Gasteiger partial charge is 0.308 e. The molecule has 4 rings (SSSR count). The number of benzene rings is 3. The van der Waals surface area contributed by atoms with Gasteiger partial charge < -0.3 is 4.74 Å². The summed E-state index contributed by atoms with van der Waals surface area (Å²) < 4.78 is 8.00. The molecule has 4 aromatic rings. The summed E-state index contributed by atoms with van der Waals surface area (Å²) in [5.74, 6) is -0.725. The summed E-state index contributed by atoms with van der Waals surface area (Å²) in [6.07, 6.45) is 1.50. The van der Waals surface area contributed by atoms with Gasteiger partial charge in [-0.05, 0) is 28.1 Å². The molecule has 1 aromatic heterocycles. The van der Waals surface area contributed by atoms with E-state index in [1.165, 1.54) is 17.8 Å². The molecular weight excluding hydrogens is 524 g/mol. The van der Waals surface area contributed by atoms with Crippen LogP contribution in [-0.2, 0) is 4.79 Å². The van der Waals surface area contributed by atoms with Crippen LogP contribution in [0, 0.1) is 0 Å². The molecule has 0 radical (unpaired) electrons. The number of rotatable bonds is 4. The molecule has 5 nitrogen and oxygen atoms in total. The van der Waals surface area contributed by atoms with E-state index in [1.807, 2.05) is 60.7 Å². The van der Waals surface area contributed by atoms with Crippen molar-refractivity contribution in [3.05, 3.63) is 93.6 Å². The van der Waals surface area contributed by atoms with E-state index < -0.39 is 5.97 Å². The van der Waals surface area contributed by atoms with Gasteiger partial charge in [-0.1, -0.05) is 76.6 Å². The second-order valence-corrected chi connectivity index (χ2v) is 8.48. The number of ether oxygens (including phenoxy) is 1. The largest absolute Gasteiger partial charge is 0.425 e. The number of hydrogen-bond acceptors (Lipinski definition) is 4. The second kappa shape index (κ2) is 8.99. The molecule has 31 heavy (non-hydrogen) atoms. The zero-order chi connectivity index (χ0) is 22.0. The van der Waals surface area contributed by atoms with Crippen LogP contribution in [0.15, 0.2) is 88.1 Å². The van der Waals surface area contributed by atoms with E-state index in [-0.39, 0.29) is 17.2 Å². The third-order valence-corrected chi connectivity index (χ3v) is 5.61. The zero-order valence-corrected chi connectivity index (χ0v) is 19.6. The Balaban J connectivity index is 1.93. The van der Waals surface area contributed by atoms with Crippen LogP contribution in [0.2, 0.25) is 0 Å². The SMILES string of the molecule is CC(=O)Oc1c(Br)cc(Br)cc1C(=O)n1cnc(-c2ccccc2)c1-c1ccccc1. The lowest BCUT2D eigenvalue weighted by molar-refractivity contribution is -0.131. The van der Waals surface area contributed by atoms with Crippen molar-refractivity contribution in [2.45, 2.75) is 6.92 Å². The van der Waals surface area contributed by atoms with Crippen molar-refractivity contribution in [3.8, 4) is 28.3 Å². The molecule has 0 unspecified atom stereocenters. The number of nitrogens with zero attached hydrogens (tertiary/aromatic N) is 2. The summed E-state index contributed by atoms with van der Waals surface area (Å²) in [6.45, 7) is 1.29. The Morgan fingerprint density at radius 2 is 1.52 bits per heavy atom. The maximum Gasteiger partial charge on any atom is 0.308 e. The highest BCUT2D eigenvalue weighted by Crippen LogP contribution is 2.36. The Morgan fingerprint density at radius 3 is 2.13 bits per heavy atom. The molecule has 1 heterocycles. The number of esters is 1. The monoisotopic (exact) mass is 538 g/mol. The molecule has 7 heteroatoms. The normalized spacial score (nSPS) is 10.7. The molecule has 154 valence electrons. The lowest BCUT2D eigenvalue weighted by atomic mass is 10.0. The predicted octanol–water partition coefficient (Wildman–Crippen LogP) is 6.36. The van der Waals surface area contributed by atoms with Crippen molar-refractivity contribution in [2.75, 3.05) is 0 Å². The topological polar surface area (TPSA) is 61.2 Å². The maximum absolute atomic E-state index is 13.7. The number of hydrogen-bond donors (Lipinski definition) is 0. The first kappa shape index (κ1) is 21.2. The van der Waals surface area contributed by atoms with Crippen LogP contribution in [0.5, 0.6) is 5.75 Å². The number of aromatic nitrogens is 2. The second-order valence-electron chi connectivity index (χ2n) is 6.71. The molecule has 0 N–H and O–H groups in total. The van der Waals surface area contributed by atoms with Gasteiger partial charge in [0.25, 0.3) is 5.91 Å². The Bertz CT molecular complexity index is 1270. The van der Waals surface area contributed by atoms with E-state index >= 15 is 0 Å². The average Bonchev–Trinajstić information content (AvgIpc) is 3.21. The summed E-state index contributed by atoms with van der Waals surface area (Å²) in [6, 6.07) is 22.6. The van der Waals surface area contributed by atoms with Crippen LogP contribution >= 0.6 is 31.9 Å². The molecule has 0 aliphatic heterocycles. The molecule has 0 bridgehead atoms. The van der Waals surface area contributed by atoms with Crippen molar-refractivity contribution in [2.24, 2.45) is 0 Å². The molecule has 0 aliphatic rings. The fraction of sp³-hybridized carbons (Fsp3) is 0.0417. The number of halogens is 2. The van der Waals surface area contributed by atoms with Crippen LogP contribution < -0.4 is 4.74 Å². The summed E-state index contributed by atoms with van der Waals surface area (Å²) in [5, 5.41) is 0. The quantitative estimate of drug-likeness (QED) is 0.224. The Kier molecular flexibility index (Phi) is 6.15. The fourth-order valence-electron chi connectivity index (χ4n) is 3.28. The maximum atomic E-state index is 13.7. The van der Waals surface area contributed by atoms with E-state index in [0.717, 1.165) is 11.1 Å². The van der Waals surface area contributed by atoms with Crippen LogP contribution in [-0.4, -0.2) is 21.4 Å². The molecule has 0 spiro atoms. The van der Waals surface area contributed by atoms with Gasteiger partial charge in [0.05, 0.1) is 21.4 Å². The van der Waals surface area contributed by atoms with Gasteiger partial charge in [-0.15, -0.1) is 0 Å². The van der Waals surface area contributed by atoms with Gasteiger partial charge in [-0.2, -0.15) is 0 Å². The van der Waals surface area contributed by atoms with E-state index in [4.69, 9.17) is 4.74 Å². The van der Waals surface area contributed by atoms with Crippen LogP contribution in [0.4, 0.5) is 0 Å². The summed E-state index contributed by atoms with van der Waals surface area (Å²) in [7, 11) is 0. The highest BCUT2D eigenvalue weighted by Gasteiger charge is 2.24. The highest BCUT2D eigenvalue weighted by atomic mass is 79.9. The number of carbonyl (C=O) groups is 2. The molecule has 0 amide bonds. The Labute approximate surface area is 196 Å². The van der Waals surface area contributed by atoms with Gasteiger partial charge in [0.2, 0.25) is 0 Å². The molecule has 0 saturated heterocycles. The van der Waals surface area contributed by atoms with Gasteiger partial charge in [-0.3, -0.25) is 14.2 Å². The van der Waals surface area contributed by atoms with Gasteiger partial charge in [0.15, 0.2) is 5.75 Å². The number of imidazole rings is 1. The van der Waals surface area contributed by atoms with Crippen LogP contribution in [0.3, 0.4) is 0 Å². The lowest BCUT2D eigenvalue weighted by Gasteiger charge is -2.14. The third kappa shape index (κ3) is 4.38. The summed E-state index contributed by atoms with van der Waals surface area (Å²) >= 11 is 6.80. The minimum atomic E-state index is -0.518. The molecular formula is C24H16Br2N2O3. The minimum Gasteiger partial charge on any atom is -0.425 e. The van der Waals surface area contributed by atoms with Gasteiger partial charge in [-0.25, -0.2) is 4.98 Å². The average molecular weight is 540 g/mol. The van der Waals surface area contributed by atoms with Gasteiger partial charge in [0.1, 0.15) is 6.33 Å². The molecule has 0 atom stereocenters. The van der Waals surface area contributed by atoms with Crippen molar-refractivity contribution in [1.82, 2.24) is 9.55 Å². The van der Waals surface area contributed by atoms with E-state index in [2.05, 4.69) is 36.8 Å². The predicted molar refractivity (Wildman–Crippen MR) is 126 cm³/mol. The van der Waals surface area contributed by atoms with E-state index in [9.17, 15) is 9.59 Å². The highest BCUT2D eigenvalue weighted by molar-refractivity contribution is 9.11. The van der Waals surface area contributed by atoms with Crippen LogP contribution in [0.1, 0.15) is 17.3 Å². The number of carbonyl (C=O) groups excluding carboxylic acids is 2. The standard InChI is InChI=1S/C24H16Br2N2O3/c1-15(29)31-23-19(12-18(25)13-20(23)26)24(30)28-14-27-21(16-8-4-2-5-9-16)22(28)17-10-6-3-7-11-17/h2-14H,1H3. The zero-order valence-electron chi connectivity index (χ0n) is 16.4. The van der Waals surface area contributed by atoms with Crippen molar-refractivity contribution in [1.29, 1.82) is 0 Å². The molecule has 0 saturated carbocycles. The van der Waals surface area contributed by atoms with E-state index in [1.54, 1.807) is 12.1 Å². The van der Waals surface area contributed by atoms with Crippen molar-refractivity contribution in [3.63, 3.8) is 0 Å². The third-order valence-electron chi connectivity index (χ3n) is 4.57. The summed E-state index contributed by atoms with van der Waals surface area (Å²) in [5.41, 5.74) is 3.30. The first-order valence-electron chi connectivity index (χ1n) is 9.36. The Morgan fingerprint density at radius 1 is 0.903 bits per heavy atom. The van der Waals surface area contributed by atoms with Crippen molar-refractivity contribution < 1.29 is 14.3 Å². The Hall–Kier alpha value is -3.03. The minimum absolute atomic E-state index is 0.162. The van der Waals surface area contributed by atoms with Gasteiger partial charge in [0, 0.05) is 22.5 Å². The van der Waals surface area contributed by atoms with Crippen LogP contribution in [0.25, 0.3) is 22.5 Å². The first-order chi connectivity index (χ1) is 15.0. The van der Waals surface area contributed by atoms with E-state index in [0.29, 0.717) is 20.3 Å². The molecule has 0 aliphatic carbocycles. The molecule has 0 fully saturated rings. The summed E-state index contributed by atoms with van der Waals surface area (Å²) in [4.78, 5) is 29.9. The fourth-order valence-corrected chi connectivity index (χ4v) is 4.58. The van der Waals surface area contributed by atoms with Crippen molar-refractivity contribution >= 4 is 43.7 Å². The van der Waals surface area contributed by atoms with Gasteiger partial charge >= 0.3 is 5.97 Å².